The second-order valence-electron chi connectivity index (χ2n) is 5.16. The average molecular weight is 269 g/mol. The van der Waals surface area contributed by atoms with Crippen LogP contribution < -0.4 is 10.5 Å². The molecule has 0 atom stereocenters. The van der Waals surface area contributed by atoms with Gasteiger partial charge in [0.1, 0.15) is 5.75 Å². The lowest BCUT2D eigenvalue weighted by molar-refractivity contribution is 0.210. The molecule has 0 bridgehead atoms. The molecule has 0 radical (unpaired) electrons. The van der Waals surface area contributed by atoms with Crippen LogP contribution in [0.15, 0.2) is 36.4 Å². The first-order chi connectivity index (χ1) is 9.85. The lowest BCUT2D eigenvalue weighted by Crippen LogP contribution is -2.10. The van der Waals surface area contributed by atoms with Crippen LogP contribution in [0, 0.1) is 0 Å². The molecule has 0 amide bonds. The zero-order valence-electron chi connectivity index (χ0n) is 11.5. The van der Waals surface area contributed by atoms with E-state index in [2.05, 4.69) is 10.2 Å². The Morgan fingerprint density at radius 3 is 2.35 bits per heavy atom. The van der Waals surface area contributed by atoms with Gasteiger partial charge in [-0.2, -0.15) is 10.2 Å². The fourth-order valence-electron chi connectivity index (χ4n) is 2.53. The van der Waals surface area contributed by atoms with E-state index in [4.69, 9.17) is 10.5 Å². The van der Waals surface area contributed by atoms with E-state index >= 15 is 0 Å². The average Bonchev–Trinajstić information content (AvgIpc) is 3.01. The molecular formula is C16H19N3O. The minimum absolute atomic E-state index is 0.393. The van der Waals surface area contributed by atoms with Gasteiger partial charge in [-0.25, -0.2) is 0 Å². The summed E-state index contributed by atoms with van der Waals surface area (Å²) in [5, 5.41) is 8.25. The van der Waals surface area contributed by atoms with Crippen molar-refractivity contribution in [2.75, 3.05) is 0 Å². The van der Waals surface area contributed by atoms with E-state index in [1.807, 2.05) is 36.4 Å². The Labute approximate surface area is 119 Å². The Bertz CT molecular complexity index is 545. The first-order valence-corrected chi connectivity index (χ1v) is 7.15. The minimum atomic E-state index is 0.393. The summed E-state index contributed by atoms with van der Waals surface area (Å²) in [6.45, 7) is 0.418. The number of nitrogens with zero attached hydrogens (tertiary/aromatic N) is 2. The third kappa shape index (κ3) is 2.96. The van der Waals surface area contributed by atoms with Crippen molar-refractivity contribution in [3.63, 3.8) is 0 Å². The Morgan fingerprint density at radius 2 is 1.75 bits per heavy atom. The summed E-state index contributed by atoms with van der Waals surface area (Å²) in [7, 11) is 0. The number of aromatic nitrogens is 2. The van der Waals surface area contributed by atoms with E-state index < -0.39 is 0 Å². The Kier molecular flexibility index (Phi) is 3.92. The number of hydrogen-bond acceptors (Lipinski definition) is 4. The Hall–Kier alpha value is -1.94. The molecule has 1 aliphatic carbocycles. The number of benzene rings is 1. The summed E-state index contributed by atoms with van der Waals surface area (Å²) in [6, 6.07) is 11.9. The molecule has 1 aromatic heterocycles. The van der Waals surface area contributed by atoms with Crippen molar-refractivity contribution in [2.45, 2.75) is 38.3 Å². The summed E-state index contributed by atoms with van der Waals surface area (Å²) in [5.74, 6) is 0.937. The second kappa shape index (κ2) is 6.01. The smallest absolute Gasteiger partial charge is 0.119 e. The minimum Gasteiger partial charge on any atom is -0.490 e. The maximum Gasteiger partial charge on any atom is 0.119 e. The summed E-state index contributed by atoms with van der Waals surface area (Å²) in [5.41, 5.74) is 8.22. The van der Waals surface area contributed by atoms with Crippen LogP contribution in [0.1, 0.15) is 31.4 Å². The fraction of sp³-hybridized carbons (Fsp3) is 0.375. The highest BCUT2D eigenvalue weighted by molar-refractivity contribution is 5.59. The van der Waals surface area contributed by atoms with Gasteiger partial charge in [-0.15, -0.1) is 0 Å². The van der Waals surface area contributed by atoms with Gasteiger partial charge in [0.2, 0.25) is 0 Å². The molecule has 1 saturated carbocycles. The van der Waals surface area contributed by atoms with Gasteiger partial charge in [0.05, 0.1) is 17.5 Å². The second-order valence-corrected chi connectivity index (χ2v) is 5.16. The van der Waals surface area contributed by atoms with Gasteiger partial charge in [0.25, 0.3) is 0 Å². The maximum absolute atomic E-state index is 5.95. The maximum atomic E-state index is 5.95. The highest BCUT2D eigenvalue weighted by Crippen LogP contribution is 2.26. The number of ether oxygens (including phenoxy) is 1. The zero-order chi connectivity index (χ0) is 13.8. The quantitative estimate of drug-likeness (QED) is 0.927. The topological polar surface area (TPSA) is 61.0 Å². The summed E-state index contributed by atoms with van der Waals surface area (Å²) < 4.78 is 5.95. The van der Waals surface area contributed by atoms with E-state index in [1.165, 1.54) is 25.7 Å². The van der Waals surface area contributed by atoms with Gasteiger partial charge >= 0.3 is 0 Å². The molecule has 4 nitrogen and oxygen atoms in total. The van der Waals surface area contributed by atoms with Crippen LogP contribution in [-0.4, -0.2) is 16.3 Å². The summed E-state index contributed by atoms with van der Waals surface area (Å²) in [4.78, 5) is 0. The molecule has 2 N–H and O–H groups in total. The first-order valence-electron chi connectivity index (χ1n) is 7.15. The molecule has 1 heterocycles. The van der Waals surface area contributed by atoms with Gasteiger partial charge in [-0.05, 0) is 62.1 Å². The monoisotopic (exact) mass is 269 g/mol. The van der Waals surface area contributed by atoms with Crippen LogP contribution in [-0.2, 0) is 6.54 Å². The van der Waals surface area contributed by atoms with Crippen molar-refractivity contribution in [2.24, 2.45) is 5.73 Å². The predicted molar refractivity (Wildman–Crippen MR) is 78.2 cm³/mol. The highest BCUT2D eigenvalue weighted by Gasteiger charge is 2.16. The molecule has 0 unspecified atom stereocenters. The van der Waals surface area contributed by atoms with Crippen LogP contribution in [0.25, 0.3) is 11.3 Å². The molecule has 1 aromatic carbocycles. The molecule has 104 valence electrons. The summed E-state index contributed by atoms with van der Waals surface area (Å²) in [6.07, 6.45) is 5.31. The van der Waals surface area contributed by atoms with Gasteiger partial charge in [-0.3, -0.25) is 0 Å². The molecule has 0 saturated heterocycles. The lowest BCUT2D eigenvalue weighted by Gasteiger charge is -2.13. The van der Waals surface area contributed by atoms with Crippen LogP contribution in [0.5, 0.6) is 5.75 Å². The molecule has 4 heteroatoms. The number of nitrogens with two attached hydrogens (primary N) is 1. The molecule has 0 aliphatic heterocycles. The van der Waals surface area contributed by atoms with Gasteiger partial charge in [-0.1, -0.05) is 0 Å². The van der Waals surface area contributed by atoms with E-state index in [1.54, 1.807) is 0 Å². The van der Waals surface area contributed by atoms with Crippen molar-refractivity contribution in [1.82, 2.24) is 10.2 Å². The lowest BCUT2D eigenvalue weighted by atomic mass is 10.1. The fourth-order valence-corrected chi connectivity index (χ4v) is 2.53. The van der Waals surface area contributed by atoms with Crippen LogP contribution >= 0.6 is 0 Å². The molecule has 2 aromatic rings. The standard InChI is InChI=1S/C16H19N3O/c17-11-13-7-10-16(19-18-13)12-5-8-15(9-6-12)20-14-3-1-2-4-14/h5-10,14H,1-4,11,17H2. The van der Waals surface area contributed by atoms with Gasteiger partial charge in [0, 0.05) is 12.1 Å². The molecule has 0 spiro atoms. The van der Waals surface area contributed by atoms with Crippen molar-refractivity contribution >= 4 is 0 Å². The van der Waals surface area contributed by atoms with Crippen molar-refractivity contribution in [3.8, 4) is 17.0 Å². The number of rotatable bonds is 4. The van der Waals surface area contributed by atoms with Crippen LogP contribution in [0.3, 0.4) is 0 Å². The third-order valence-corrected chi connectivity index (χ3v) is 3.68. The summed E-state index contributed by atoms with van der Waals surface area (Å²) >= 11 is 0. The van der Waals surface area contributed by atoms with Gasteiger partial charge < -0.3 is 10.5 Å². The Balaban J connectivity index is 1.71. The molecule has 1 fully saturated rings. The van der Waals surface area contributed by atoms with E-state index in [0.717, 1.165) is 22.7 Å². The van der Waals surface area contributed by atoms with E-state index in [9.17, 15) is 0 Å². The normalized spacial score (nSPS) is 15.4. The number of hydrogen-bond donors (Lipinski definition) is 1. The van der Waals surface area contributed by atoms with Crippen molar-refractivity contribution < 1.29 is 4.74 Å². The van der Waals surface area contributed by atoms with E-state index in [-0.39, 0.29) is 0 Å². The molecule has 3 rings (SSSR count). The van der Waals surface area contributed by atoms with E-state index in [0.29, 0.717) is 12.6 Å². The molecule has 1 aliphatic rings. The van der Waals surface area contributed by atoms with Crippen LogP contribution in [0.4, 0.5) is 0 Å². The molecular weight excluding hydrogens is 250 g/mol. The van der Waals surface area contributed by atoms with Crippen LogP contribution in [0.2, 0.25) is 0 Å². The van der Waals surface area contributed by atoms with Crippen molar-refractivity contribution in [1.29, 1.82) is 0 Å². The van der Waals surface area contributed by atoms with Crippen molar-refractivity contribution in [3.05, 3.63) is 42.1 Å². The third-order valence-electron chi connectivity index (χ3n) is 3.68. The zero-order valence-corrected chi connectivity index (χ0v) is 11.5. The predicted octanol–water partition coefficient (Wildman–Crippen LogP) is 2.92. The SMILES string of the molecule is NCc1ccc(-c2ccc(OC3CCCC3)cc2)nn1. The van der Waals surface area contributed by atoms with Gasteiger partial charge in [0.15, 0.2) is 0 Å². The largest absolute Gasteiger partial charge is 0.490 e. The highest BCUT2D eigenvalue weighted by atomic mass is 16.5. The Morgan fingerprint density at radius 1 is 1.00 bits per heavy atom. The molecule has 20 heavy (non-hydrogen) atoms. The first kappa shape index (κ1) is 13.1.